The predicted octanol–water partition coefficient (Wildman–Crippen LogP) is 3.33. The van der Waals surface area contributed by atoms with Crippen LogP contribution < -0.4 is 9.64 Å². The molecule has 0 amide bonds. The minimum Gasteiger partial charge on any atom is -0.490 e. The van der Waals surface area contributed by atoms with Crippen molar-refractivity contribution in [3.63, 3.8) is 0 Å². The van der Waals surface area contributed by atoms with Crippen LogP contribution >= 0.6 is 11.3 Å². The fourth-order valence-electron chi connectivity index (χ4n) is 4.44. The Morgan fingerprint density at radius 3 is 2.83 bits per heavy atom. The van der Waals surface area contributed by atoms with Crippen LogP contribution in [-0.4, -0.2) is 57.6 Å². The van der Waals surface area contributed by atoms with Gasteiger partial charge in [0.15, 0.2) is 9.84 Å². The van der Waals surface area contributed by atoms with Gasteiger partial charge in [0, 0.05) is 35.8 Å². The molecule has 158 valence electrons. The van der Waals surface area contributed by atoms with Crippen molar-refractivity contribution in [2.24, 2.45) is 0 Å². The first-order valence-corrected chi connectivity index (χ1v) is 12.4. The molecule has 1 fully saturated rings. The van der Waals surface area contributed by atoms with Crippen molar-refractivity contribution in [3.8, 4) is 5.75 Å². The smallest absolute Gasteiger partial charge is 0.187 e. The summed E-state index contributed by atoms with van der Waals surface area (Å²) in [5.74, 6) is -0.596. The lowest BCUT2D eigenvalue weighted by molar-refractivity contribution is 0.184. The molecular weight excluding hydrogens is 413 g/mol. The van der Waals surface area contributed by atoms with Crippen LogP contribution in [0.5, 0.6) is 5.75 Å². The summed E-state index contributed by atoms with van der Waals surface area (Å²) < 4.78 is 46.3. The van der Waals surface area contributed by atoms with Crippen LogP contribution in [0.15, 0.2) is 28.6 Å². The van der Waals surface area contributed by atoms with E-state index in [4.69, 9.17) is 4.74 Å². The van der Waals surface area contributed by atoms with E-state index in [1.807, 2.05) is 0 Å². The lowest BCUT2D eigenvalue weighted by Gasteiger charge is -2.45. The summed E-state index contributed by atoms with van der Waals surface area (Å²) in [6.07, 6.45) is 6.02. The molecule has 1 saturated carbocycles. The van der Waals surface area contributed by atoms with Crippen LogP contribution in [0, 0.1) is 5.82 Å². The molecule has 1 aromatic carbocycles. The lowest BCUT2D eigenvalue weighted by atomic mass is 9.88. The zero-order valence-corrected chi connectivity index (χ0v) is 18.3. The van der Waals surface area contributed by atoms with E-state index in [1.165, 1.54) is 29.9 Å². The van der Waals surface area contributed by atoms with Gasteiger partial charge in [-0.15, -0.1) is 11.3 Å². The predicted molar refractivity (Wildman–Crippen MR) is 112 cm³/mol. The number of benzene rings is 1. The van der Waals surface area contributed by atoms with Gasteiger partial charge in [0.25, 0.3) is 0 Å². The molecule has 0 spiro atoms. The molecule has 4 rings (SSSR count). The number of aromatic nitrogens is 1. The van der Waals surface area contributed by atoms with Crippen LogP contribution in [-0.2, 0) is 15.6 Å². The number of anilines is 1. The van der Waals surface area contributed by atoms with E-state index < -0.39 is 15.7 Å². The van der Waals surface area contributed by atoms with Crippen molar-refractivity contribution in [2.45, 2.75) is 48.4 Å². The summed E-state index contributed by atoms with van der Waals surface area (Å²) in [5.41, 5.74) is 0.653. The Kier molecular flexibility index (Phi) is 5.81. The number of ether oxygens (including phenoxy) is 1. The van der Waals surface area contributed by atoms with Crippen molar-refractivity contribution < 1.29 is 17.5 Å². The molecule has 1 aliphatic carbocycles. The number of sulfone groups is 1. The number of halogens is 1. The van der Waals surface area contributed by atoms with Crippen LogP contribution in [0.25, 0.3) is 0 Å². The molecule has 0 unspecified atom stereocenters. The van der Waals surface area contributed by atoms with Gasteiger partial charge in [0.05, 0.1) is 12.2 Å². The summed E-state index contributed by atoms with van der Waals surface area (Å²) in [6.45, 7) is 1.13. The Hall–Kier alpha value is -1.71. The molecule has 0 bridgehead atoms. The minimum absolute atomic E-state index is 0.263. The van der Waals surface area contributed by atoms with Gasteiger partial charge >= 0.3 is 0 Å². The maximum atomic E-state index is 15.0. The first-order chi connectivity index (χ1) is 13.9. The number of hydrogen-bond donors (Lipinski definition) is 0. The van der Waals surface area contributed by atoms with E-state index in [9.17, 15) is 8.42 Å². The van der Waals surface area contributed by atoms with Gasteiger partial charge in [-0.25, -0.2) is 17.8 Å². The second-order valence-electron chi connectivity index (χ2n) is 7.86. The highest BCUT2D eigenvalue weighted by Crippen LogP contribution is 2.40. The number of hydrogen-bond acceptors (Lipinski definition) is 7. The standard InChI is InChI=1S/C20H26FN3O3S2/c1-23(2)15-5-3-4-6-16(15)24-8-9-27-18-12-19(14(21)11-17(18)24)29(25,26)13-20-22-7-10-28-20/h7,10-12,15-16H,3-6,8-9,13H2,1-2H3/t15-,16-/m0/s1. The van der Waals surface area contributed by atoms with Gasteiger partial charge in [-0.1, -0.05) is 12.8 Å². The molecule has 9 heteroatoms. The van der Waals surface area contributed by atoms with Gasteiger partial charge in [0.2, 0.25) is 0 Å². The summed E-state index contributed by atoms with van der Waals surface area (Å²) in [5, 5.41) is 2.15. The van der Waals surface area contributed by atoms with Crippen molar-refractivity contribution in [1.82, 2.24) is 9.88 Å². The molecule has 1 aliphatic heterocycles. The van der Waals surface area contributed by atoms with Crippen LogP contribution in [0.1, 0.15) is 30.7 Å². The molecular formula is C20H26FN3O3S2. The molecule has 0 N–H and O–H groups in total. The maximum Gasteiger partial charge on any atom is 0.187 e. The molecule has 1 aromatic heterocycles. The highest BCUT2D eigenvalue weighted by atomic mass is 32.2. The highest BCUT2D eigenvalue weighted by molar-refractivity contribution is 7.90. The third kappa shape index (κ3) is 4.13. The van der Waals surface area contributed by atoms with E-state index in [0.29, 0.717) is 35.6 Å². The average molecular weight is 440 g/mol. The van der Waals surface area contributed by atoms with Crippen LogP contribution in [0.2, 0.25) is 0 Å². The van der Waals surface area contributed by atoms with Gasteiger partial charge < -0.3 is 14.5 Å². The fourth-order valence-corrected chi connectivity index (χ4v) is 6.78. The molecule has 6 nitrogen and oxygen atoms in total. The Morgan fingerprint density at radius 2 is 2.10 bits per heavy atom. The fraction of sp³-hybridized carbons (Fsp3) is 0.550. The Labute approximate surface area is 175 Å². The second kappa shape index (κ2) is 8.20. The van der Waals surface area contributed by atoms with Crippen molar-refractivity contribution >= 4 is 26.9 Å². The molecule has 29 heavy (non-hydrogen) atoms. The minimum atomic E-state index is -3.85. The summed E-state index contributed by atoms with van der Waals surface area (Å²) in [6, 6.07) is 3.34. The molecule has 2 aromatic rings. The van der Waals surface area contributed by atoms with E-state index in [-0.39, 0.29) is 16.7 Å². The summed E-state index contributed by atoms with van der Waals surface area (Å²) in [7, 11) is 0.317. The molecule has 2 heterocycles. The van der Waals surface area contributed by atoms with Crippen molar-refractivity contribution in [2.75, 3.05) is 32.1 Å². The lowest BCUT2D eigenvalue weighted by Crippen LogP contribution is -2.53. The van der Waals surface area contributed by atoms with E-state index >= 15 is 4.39 Å². The number of fused-ring (bicyclic) bond motifs is 1. The van der Waals surface area contributed by atoms with Crippen molar-refractivity contribution in [3.05, 3.63) is 34.5 Å². The SMILES string of the molecule is CN(C)[C@H]1CCCC[C@@H]1N1CCOc2cc(S(=O)(=O)Cc3nccs3)c(F)cc21. The zero-order valence-electron chi connectivity index (χ0n) is 16.7. The Bertz CT molecular complexity index is 964. The van der Waals surface area contributed by atoms with E-state index in [2.05, 4.69) is 28.9 Å². The third-order valence-corrected chi connectivity index (χ3v) is 8.40. The second-order valence-corrected chi connectivity index (χ2v) is 10.8. The Balaban J connectivity index is 1.68. The van der Waals surface area contributed by atoms with Crippen LogP contribution in [0.3, 0.4) is 0 Å². The largest absolute Gasteiger partial charge is 0.490 e. The van der Waals surface area contributed by atoms with Crippen LogP contribution in [0.4, 0.5) is 10.1 Å². The Morgan fingerprint density at radius 1 is 1.31 bits per heavy atom. The first kappa shape index (κ1) is 20.6. The maximum absolute atomic E-state index is 15.0. The van der Waals surface area contributed by atoms with Gasteiger partial charge in [0.1, 0.15) is 33.8 Å². The quantitative estimate of drug-likeness (QED) is 0.712. The van der Waals surface area contributed by atoms with E-state index in [0.717, 1.165) is 19.3 Å². The number of rotatable bonds is 5. The summed E-state index contributed by atoms with van der Waals surface area (Å²) >= 11 is 1.24. The normalized spacial score (nSPS) is 22.4. The topological polar surface area (TPSA) is 62.7 Å². The molecule has 0 radical (unpaired) electrons. The highest BCUT2D eigenvalue weighted by Gasteiger charge is 2.35. The number of thiazole rings is 1. The van der Waals surface area contributed by atoms with Gasteiger partial charge in [-0.2, -0.15) is 0 Å². The third-order valence-electron chi connectivity index (χ3n) is 5.80. The molecule has 2 atom stereocenters. The summed E-state index contributed by atoms with van der Waals surface area (Å²) in [4.78, 5) is 8.15. The molecule has 2 aliphatic rings. The van der Waals surface area contributed by atoms with E-state index in [1.54, 1.807) is 11.6 Å². The average Bonchev–Trinajstić information content (AvgIpc) is 3.19. The van der Waals surface area contributed by atoms with Gasteiger partial charge in [-0.3, -0.25) is 0 Å². The van der Waals surface area contributed by atoms with Gasteiger partial charge in [-0.05, 0) is 26.9 Å². The monoisotopic (exact) mass is 439 g/mol. The number of nitrogens with zero attached hydrogens (tertiary/aromatic N) is 3. The van der Waals surface area contributed by atoms with Crippen molar-refractivity contribution in [1.29, 1.82) is 0 Å². The zero-order chi connectivity index (χ0) is 20.6. The number of likely N-dealkylation sites (N-methyl/N-ethyl adjacent to an activating group) is 1. The first-order valence-electron chi connectivity index (χ1n) is 9.87. The molecule has 0 saturated heterocycles.